The van der Waals surface area contributed by atoms with Crippen LogP contribution in [0.25, 0.3) is 0 Å². The van der Waals surface area contributed by atoms with E-state index in [1.165, 1.54) is 5.56 Å². The minimum Gasteiger partial charge on any atom is -0.396 e. The highest BCUT2D eigenvalue weighted by atomic mass is 16.5. The summed E-state index contributed by atoms with van der Waals surface area (Å²) in [7, 11) is 0. The Labute approximate surface area is 90.9 Å². The summed E-state index contributed by atoms with van der Waals surface area (Å²) in [5.41, 5.74) is 1.24. The third-order valence-corrected chi connectivity index (χ3v) is 3.06. The summed E-state index contributed by atoms with van der Waals surface area (Å²) in [6.45, 7) is 1.04. The Hall–Kier alpha value is -0.860. The summed E-state index contributed by atoms with van der Waals surface area (Å²) in [6.07, 6.45) is 3.59. The zero-order chi connectivity index (χ0) is 10.5. The molecule has 0 unspecified atom stereocenters. The fraction of sp³-hybridized carbons (Fsp3) is 0.538. The van der Waals surface area contributed by atoms with E-state index in [4.69, 9.17) is 9.84 Å². The van der Waals surface area contributed by atoms with Crippen molar-refractivity contribution in [3.63, 3.8) is 0 Å². The van der Waals surface area contributed by atoms with E-state index in [9.17, 15) is 0 Å². The smallest absolute Gasteiger partial charge is 0.0720 e. The van der Waals surface area contributed by atoms with Crippen LogP contribution in [0.5, 0.6) is 0 Å². The van der Waals surface area contributed by atoms with Crippen LogP contribution in [0.2, 0.25) is 0 Å². The van der Waals surface area contributed by atoms with Crippen molar-refractivity contribution in [2.45, 2.75) is 32.0 Å². The average Bonchev–Trinajstić information content (AvgIpc) is 2.23. The van der Waals surface area contributed by atoms with Gasteiger partial charge in [0.15, 0.2) is 0 Å². The first kappa shape index (κ1) is 10.7. The Morgan fingerprint density at radius 1 is 1.20 bits per heavy atom. The maximum atomic E-state index is 8.76. The lowest BCUT2D eigenvalue weighted by molar-refractivity contribution is -0.0451. The summed E-state index contributed by atoms with van der Waals surface area (Å²) in [5, 5.41) is 8.76. The van der Waals surface area contributed by atoms with Crippen LogP contribution in [0.15, 0.2) is 30.3 Å². The van der Waals surface area contributed by atoms with Gasteiger partial charge in [0.1, 0.15) is 0 Å². The predicted octanol–water partition coefficient (Wildman–Crippen LogP) is 2.36. The van der Waals surface area contributed by atoms with Gasteiger partial charge in [0, 0.05) is 6.61 Å². The largest absolute Gasteiger partial charge is 0.396 e. The standard InChI is InChI=1S/C13H18O2/c14-7-6-12-8-13(9-12)15-10-11-4-2-1-3-5-11/h1-5,12-14H,6-10H2. The number of ether oxygens (including phenoxy) is 1. The first-order chi connectivity index (χ1) is 7.38. The van der Waals surface area contributed by atoms with Gasteiger partial charge in [-0.15, -0.1) is 0 Å². The summed E-state index contributed by atoms with van der Waals surface area (Å²) in [5.74, 6) is 0.691. The number of hydrogen-bond donors (Lipinski definition) is 1. The highest BCUT2D eigenvalue weighted by molar-refractivity contribution is 5.13. The quantitative estimate of drug-likeness (QED) is 0.801. The molecule has 0 saturated heterocycles. The molecule has 0 aromatic heterocycles. The second-order valence-electron chi connectivity index (χ2n) is 4.27. The number of aliphatic hydroxyl groups is 1. The van der Waals surface area contributed by atoms with Crippen molar-refractivity contribution in [3.8, 4) is 0 Å². The number of hydrogen-bond acceptors (Lipinski definition) is 2. The molecule has 0 bridgehead atoms. The van der Waals surface area contributed by atoms with E-state index in [0.29, 0.717) is 18.6 Å². The Balaban J connectivity index is 1.64. The Morgan fingerprint density at radius 3 is 2.60 bits per heavy atom. The summed E-state index contributed by atoms with van der Waals surface area (Å²) in [4.78, 5) is 0. The van der Waals surface area contributed by atoms with Crippen LogP contribution in [0.4, 0.5) is 0 Å². The third-order valence-electron chi connectivity index (χ3n) is 3.06. The van der Waals surface area contributed by atoms with E-state index in [0.717, 1.165) is 25.9 Å². The second kappa shape index (κ2) is 5.29. The minimum atomic E-state index is 0.316. The van der Waals surface area contributed by atoms with Crippen LogP contribution in [0.1, 0.15) is 24.8 Å². The lowest BCUT2D eigenvalue weighted by Crippen LogP contribution is -2.31. The third kappa shape index (κ3) is 3.05. The van der Waals surface area contributed by atoms with Gasteiger partial charge in [0.2, 0.25) is 0 Å². The van der Waals surface area contributed by atoms with Crippen molar-refractivity contribution >= 4 is 0 Å². The summed E-state index contributed by atoms with van der Waals surface area (Å²) < 4.78 is 5.76. The van der Waals surface area contributed by atoms with Gasteiger partial charge in [-0.1, -0.05) is 30.3 Å². The molecule has 2 heteroatoms. The first-order valence-corrected chi connectivity index (χ1v) is 5.65. The number of rotatable bonds is 5. The fourth-order valence-corrected chi connectivity index (χ4v) is 2.02. The molecule has 1 aromatic rings. The van der Waals surface area contributed by atoms with Crippen LogP contribution in [0, 0.1) is 5.92 Å². The van der Waals surface area contributed by atoms with Gasteiger partial charge in [0.05, 0.1) is 12.7 Å². The lowest BCUT2D eigenvalue weighted by Gasteiger charge is -2.34. The normalized spacial score (nSPS) is 24.9. The molecule has 82 valence electrons. The van der Waals surface area contributed by atoms with Crippen molar-refractivity contribution in [3.05, 3.63) is 35.9 Å². The molecule has 1 fully saturated rings. The van der Waals surface area contributed by atoms with Crippen LogP contribution >= 0.6 is 0 Å². The van der Waals surface area contributed by atoms with E-state index in [2.05, 4.69) is 12.1 Å². The topological polar surface area (TPSA) is 29.5 Å². The number of aliphatic hydroxyl groups excluding tert-OH is 1. The molecule has 2 nitrogen and oxygen atoms in total. The van der Waals surface area contributed by atoms with E-state index in [1.807, 2.05) is 18.2 Å². The Morgan fingerprint density at radius 2 is 1.93 bits per heavy atom. The van der Waals surface area contributed by atoms with Gasteiger partial charge in [-0.25, -0.2) is 0 Å². The molecular formula is C13H18O2. The van der Waals surface area contributed by atoms with Gasteiger partial charge in [-0.2, -0.15) is 0 Å². The molecule has 1 aromatic carbocycles. The zero-order valence-corrected chi connectivity index (χ0v) is 8.93. The van der Waals surface area contributed by atoms with Crippen molar-refractivity contribution < 1.29 is 9.84 Å². The van der Waals surface area contributed by atoms with Gasteiger partial charge in [-0.3, -0.25) is 0 Å². The number of benzene rings is 1. The molecule has 1 saturated carbocycles. The van der Waals surface area contributed by atoms with Crippen molar-refractivity contribution in [2.24, 2.45) is 5.92 Å². The highest BCUT2D eigenvalue weighted by Crippen LogP contribution is 2.32. The van der Waals surface area contributed by atoms with Crippen molar-refractivity contribution in [2.75, 3.05) is 6.61 Å². The van der Waals surface area contributed by atoms with Crippen molar-refractivity contribution in [1.29, 1.82) is 0 Å². The van der Waals surface area contributed by atoms with E-state index >= 15 is 0 Å². The van der Waals surface area contributed by atoms with E-state index < -0.39 is 0 Å². The molecule has 0 aliphatic heterocycles. The molecular weight excluding hydrogens is 188 g/mol. The molecule has 1 N–H and O–H groups in total. The van der Waals surface area contributed by atoms with Crippen LogP contribution in [-0.2, 0) is 11.3 Å². The minimum absolute atomic E-state index is 0.316. The van der Waals surface area contributed by atoms with Gasteiger partial charge in [0.25, 0.3) is 0 Å². The summed E-state index contributed by atoms with van der Waals surface area (Å²) in [6, 6.07) is 10.3. The molecule has 0 radical (unpaired) electrons. The lowest BCUT2D eigenvalue weighted by atomic mass is 9.80. The monoisotopic (exact) mass is 206 g/mol. The fourth-order valence-electron chi connectivity index (χ4n) is 2.02. The first-order valence-electron chi connectivity index (χ1n) is 5.65. The van der Waals surface area contributed by atoms with Gasteiger partial charge < -0.3 is 9.84 Å². The predicted molar refractivity (Wildman–Crippen MR) is 59.4 cm³/mol. The van der Waals surface area contributed by atoms with E-state index in [1.54, 1.807) is 0 Å². The molecule has 15 heavy (non-hydrogen) atoms. The van der Waals surface area contributed by atoms with Crippen molar-refractivity contribution in [1.82, 2.24) is 0 Å². The molecule has 1 aliphatic rings. The summed E-state index contributed by atoms with van der Waals surface area (Å²) >= 11 is 0. The maximum Gasteiger partial charge on any atom is 0.0720 e. The molecule has 1 aliphatic carbocycles. The molecule has 2 rings (SSSR count). The van der Waals surface area contributed by atoms with Gasteiger partial charge >= 0.3 is 0 Å². The SMILES string of the molecule is OCCC1CC(OCc2ccccc2)C1. The zero-order valence-electron chi connectivity index (χ0n) is 8.93. The molecule has 0 atom stereocenters. The highest BCUT2D eigenvalue weighted by Gasteiger charge is 2.28. The molecule has 0 spiro atoms. The Bertz CT molecular complexity index is 278. The molecule has 0 heterocycles. The average molecular weight is 206 g/mol. The second-order valence-corrected chi connectivity index (χ2v) is 4.27. The van der Waals surface area contributed by atoms with Crippen LogP contribution in [-0.4, -0.2) is 17.8 Å². The van der Waals surface area contributed by atoms with Crippen LogP contribution in [0.3, 0.4) is 0 Å². The maximum absolute atomic E-state index is 8.76. The van der Waals surface area contributed by atoms with Crippen LogP contribution < -0.4 is 0 Å². The van der Waals surface area contributed by atoms with Gasteiger partial charge in [-0.05, 0) is 30.7 Å². The Kier molecular flexibility index (Phi) is 3.75. The molecule has 0 amide bonds. The van der Waals surface area contributed by atoms with E-state index in [-0.39, 0.29) is 0 Å².